The zero-order chi connectivity index (χ0) is 14.1. The van der Waals surface area contributed by atoms with E-state index in [2.05, 4.69) is 35.1 Å². The predicted octanol–water partition coefficient (Wildman–Crippen LogP) is 4.32. The van der Waals surface area contributed by atoms with Crippen molar-refractivity contribution < 1.29 is 4.79 Å². The molecule has 2 nitrogen and oxygen atoms in total. The number of hydrogen-bond acceptors (Lipinski definition) is 1. The van der Waals surface area contributed by atoms with Crippen LogP contribution in [0.2, 0.25) is 0 Å². The summed E-state index contributed by atoms with van der Waals surface area (Å²) < 4.78 is 1.04. The van der Waals surface area contributed by atoms with Crippen LogP contribution in [0.15, 0.2) is 28.7 Å². The van der Waals surface area contributed by atoms with Gasteiger partial charge in [-0.15, -0.1) is 0 Å². The van der Waals surface area contributed by atoms with Crippen molar-refractivity contribution in [1.29, 1.82) is 0 Å². The first-order chi connectivity index (χ1) is 9.15. The minimum absolute atomic E-state index is 0.122. The lowest BCUT2D eigenvalue weighted by molar-refractivity contribution is -0.120. The number of carbonyl (C=O) groups is 1. The van der Waals surface area contributed by atoms with Gasteiger partial charge in [0.1, 0.15) is 0 Å². The Morgan fingerprint density at radius 1 is 1.26 bits per heavy atom. The van der Waals surface area contributed by atoms with Gasteiger partial charge in [0.15, 0.2) is 0 Å². The van der Waals surface area contributed by atoms with Crippen LogP contribution >= 0.6 is 15.9 Å². The molecule has 1 atom stereocenters. The minimum Gasteiger partial charge on any atom is -0.356 e. The van der Waals surface area contributed by atoms with Crippen LogP contribution in [0.3, 0.4) is 0 Å². The SMILES string of the molecule is CCCC[C@@H](CC)CNC(=O)Cc1ccc(Br)cc1. The quantitative estimate of drug-likeness (QED) is 0.757. The van der Waals surface area contributed by atoms with Gasteiger partial charge in [0.05, 0.1) is 6.42 Å². The van der Waals surface area contributed by atoms with Gasteiger partial charge in [0.25, 0.3) is 0 Å². The van der Waals surface area contributed by atoms with Crippen molar-refractivity contribution >= 4 is 21.8 Å². The van der Waals surface area contributed by atoms with E-state index < -0.39 is 0 Å². The van der Waals surface area contributed by atoms with Crippen molar-refractivity contribution in [3.8, 4) is 0 Å². The van der Waals surface area contributed by atoms with Crippen molar-refractivity contribution in [3.05, 3.63) is 34.3 Å². The maximum atomic E-state index is 11.9. The highest BCUT2D eigenvalue weighted by atomic mass is 79.9. The van der Waals surface area contributed by atoms with Gasteiger partial charge in [-0.3, -0.25) is 4.79 Å². The Labute approximate surface area is 125 Å². The molecule has 1 aromatic rings. The molecule has 0 aliphatic heterocycles. The third-order valence-electron chi connectivity index (χ3n) is 3.41. The molecule has 0 radical (unpaired) electrons. The summed E-state index contributed by atoms with van der Waals surface area (Å²) in [5, 5.41) is 3.06. The maximum absolute atomic E-state index is 11.9. The molecule has 0 saturated carbocycles. The van der Waals surface area contributed by atoms with Crippen molar-refractivity contribution in [2.45, 2.75) is 46.0 Å². The van der Waals surface area contributed by atoms with E-state index in [0.29, 0.717) is 12.3 Å². The van der Waals surface area contributed by atoms with Crippen LogP contribution in [0.4, 0.5) is 0 Å². The summed E-state index contributed by atoms with van der Waals surface area (Å²) in [5.74, 6) is 0.742. The Balaban J connectivity index is 2.32. The van der Waals surface area contributed by atoms with E-state index in [4.69, 9.17) is 0 Å². The third kappa shape index (κ3) is 6.76. The van der Waals surface area contributed by atoms with Gasteiger partial charge in [0, 0.05) is 11.0 Å². The number of hydrogen-bond donors (Lipinski definition) is 1. The summed E-state index contributed by atoms with van der Waals surface area (Å²) in [6.07, 6.45) is 5.30. The third-order valence-corrected chi connectivity index (χ3v) is 3.94. The molecule has 1 N–H and O–H groups in total. The number of benzene rings is 1. The fraction of sp³-hybridized carbons (Fsp3) is 0.562. The van der Waals surface area contributed by atoms with Crippen molar-refractivity contribution in [2.75, 3.05) is 6.54 Å². The molecule has 0 bridgehead atoms. The van der Waals surface area contributed by atoms with Crippen molar-refractivity contribution in [1.82, 2.24) is 5.32 Å². The molecule has 0 aromatic heterocycles. The van der Waals surface area contributed by atoms with Crippen LogP contribution in [-0.2, 0) is 11.2 Å². The van der Waals surface area contributed by atoms with Crippen LogP contribution in [-0.4, -0.2) is 12.5 Å². The van der Waals surface area contributed by atoms with Crippen LogP contribution in [0, 0.1) is 5.92 Å². The molecular formula is C16H24BrNO. The molecule has 0 aliphatic rings. The lowest BCUT2D eigenvalue weighted by atomic mass is 9.99. The molecule has 1 rings (SSSR count). The average Bonchev–Trinajstić information content (AvgIpc) is 2.42. The van der Waals surface area contributed by atoms with Gasteiger partial charge < -0.3 is 5.32 Å². The second-order valence-corrected chi connectivity index (χ2v) is 5.94. The zero-order valence-electron chi connectivity index (χ0n) is 11.9. The molecule has 0 heterocycles. The van der Waals surface area contributed by atoms with E-state index in [1.165, 1.54) is 19.3 Å². The van der Waals surface area contributed by atoms with Gasteiger partial charge in [-0.2, -0.15) is 0 Å². The molecule has 0 unspecified atom stereocenters. The Morgan fingerprint density at radius 2 is 1.95 bits per heavy atom. The first-order valence-electron chi connectivity index (χ1n) is 7.16. The van der Waals surface area contributed by atoms with E-state index in [0.717, 1.165) is 23.0 Å². The van der Waals surface area contributed by atoms with Crippen molar-refractivity contribution in [2.24, 2.45) is 5.92 Å². The van der Waals surface area contributed by atoms with Crippen molar-refractivity contribution in [3.63, 3.8) is 0 Å². The lowest BCUT2D eigenvalue weighted by Crippen LogP contribution is -2.30. The monoisotopic (exact) mass is 325 g/mol. The standard InChI is InChI=1S/C16H24BrNO/c1-3-5-6-13(4-2)12-18-16(19)11-14-7-9-15(17)10-8-14/h7-10,13H,3-6,11-12H2,1-2H3,(H,18,19)/t13-/m1/s1. The number of rotatable bonds is 8. The summed E-state index contributed by atoms with van der Waals surface area (Å²) in [5.41, 5.74) is 1.06. The number of nitrogens with one attached hydrogen (secondary N) is 1. The van der Waals surface area contributed by atoms with Crippen LogP contribution in [0.1, 0.15) is 45.1 Å². The smallest absolute Gasteiger partial charge is 0.224 e. The Kier molecular flexibility index (Phi) is 7.80. The van der Waals surface area contributed by atoms with Gasteiger partial charge >= 0.3 is 0 Å². The molecule has 0 saturated heterocycles. The largest absolute Gasteiger partial charge is 0.356 e. The summed E-state index contributed by atoms with van der Waals surface area (Å²) in [4.78, 5) is 11.9. The normalized spacial score (nSPS) is 12.2. The predicted molar refractivity (Wildman–Crippen MR) is 84.2 cm³/mol. The van der Waals surface area contributed by atoms with E-state index in [1.54, 1.807) is 0 Å². The van der Waals surface area contributed by atoms with E-state index in [1.807, 2.05) is 24.3 Å². The Morgan fingerprint density at radius 3 is 2.53 bits per heavy atom. The zero-order valence-corrected chi connectivity index (χ0v) is 13.5. The van der Waals surface area contributed by atoms with Gasteiger partial charge in [-0.1, -0.05) is 61.2 Å². The number of halogens is 1. The molecule has 0 aliphatic carbocycles. The molecule has 1 amide bonds. The van der Waals surface area contributed by atoms with Crippen LogP contribution in [0.5, 0.6) is 0 Å². The Bertz CT molecular complexity index is 375. The number of unbranched alkanes of at least 4 members (excludes halogenated alkanes) is 1. The highest BCUT2D eigenvalue weighted by molar-refractivity contribution is 9.10. The summed E-state index contributed by atoms with van der Waals surface area (Å²) in [7, 11) is 0. The van der Waals surface area contributed by atoms with E-state index >= 15 is 0 Å². The maximum Gasteiger partial charge on any atom is 0.224 e. The average molecular weight is 326 g/mol. The van der Waals surface area contributed by atoms with Gasteiger partial charge in [-0.05, 0) is 30.0 Å². The van der Waals surface area contributed by atoms with E-state index in [9.17, 15) is 4.79 Å². The van der Waals surface area contributed by atoms with Crippen LogP contribution in [0.25, 0.3) is 0 Å². The first kappa shape index (κ1) is 16.2. The Hall–Kier alpha value is -0.830. The van der Waals surface area contributed by atoms with Gasteiger partial charge in [-0.25, -0.2) is 0 Å². The molecule has 0 spiro atoms. The summed E-state index contributed by atoms with van der Waals surface area (Å²) in [6, 6.07) is 7.91. The van der Waals surface area contributed by atoms with Gasteiger partial charge in [0.2, 0.25) is 5.91 Å². The fourth-order valence-electron chi connectivity index (χ4n) is 2.05. The number of amides is 1. The number of carbonyl (C=O) groups excluding carboxylic acids is 1. The second kappa shape index (κ2) is 9.13. The summed E-state index contributed by atoms with van der Waals surface area (Å²) >= 11 is 3.39. The first-order valence-corrected chi connectivity index (χ1v) is 7.96. The van der Waals surface area contributed by atoms with Crippen LogP contribution < -0.4 is 5.32 Å². The fourth-order valence-corrected chi connectivity index (χ4v) is 2.32. The lowest BCUT2D eigenvalue weighted by Gasteiger charge is -2.15. The molecule has 3 heteroatoms. The molecule has 19 heavy (non-hydrogen) atoms. The topological polar surface area (TPSA) is 29.1 Å². The molecular weight excluding hydrogens is 302 g/mol. The highest BCUT2D eigenvalue weighted by Crippen LogP contribution is 2.12. The highest BCUT2D eigenvalue weighted by Gasteiger charge is 2.08. The van der Waals surface area contributed by atoms with E-state index in [-0.39, 0.29) is 5.91 Å². The molecule has 0 fully saturated rings. The molecule has 1 aromatic carbocycles. The minimum atomic E-state index is 0.122. The molecule has 106 valence electrons. The second-order valence-electron chi connectivity index (χ2n) is 5.02. The summed E-state index contributed by atoms with van der Waals surface area (Å²) in [6.45, 7) is 5.21.